The fraction of sp³-hybridized carbons (Fsp3) is 0.533. The zero-order chi connectivity index (χ0) is 15.8. The highest BCUT2D eigenvalue weighted by atomic mass is 19.1. The van der Waals surface area contributed by atoms with Gasteiger partial charge >= 0.3 is 0 Å². The second kappa shape index (κ2) is 8.56. The van der Waals surface area contributed by atoms with Crippen LogP contribution in [0.2, 0.25) is 0 Å². The van der Waals surface area contributed by atoms with Crippen LogP contribution in [0, 0.1) is 11.6 Å². The van der Waals surface area contributed by atoms with E-state index in [1.807, 2.05) is 6.92 Å². The molecule has 6 heteroatoms. The number of ether oxygens (including phenoxy) is 1. The van der Waals surface area contributed by atoms with E-state index >= 15 is 0 Å². The molecular formula is C15H22F2N2O2. The number of carbonyl (C=O) groups is 1. The summed E-state index contributed by atoms with van der Waals surface area (Å²) in [6, 6.07) is 2.37. The van der Waals surface area contributed by atoms with Gasteiger partial charge in [0.15, 0.2) is 24.0 Å². The van der Waals surface area contributed by atoms with Crippen molar-refractivity contribution in [2.24, 2.45) is 0 Å². The number of rotatable bonds is 8. The van der Waals surface area contributed by atoms with E-state index in [9.17, 15) is 13.6 Å². The van der Waals surface area contributed by atoms with Gasteiger partial charge in [-0.2, -0.15) is 0 Å². The second-order valence-electron chi connectivity index (χ2n) is 5.08. The van der Waals surface area contributed by atoms with Gasteiger partial charge in [0.25, 0.3) is 5.91 Å². The summed E-state index contributed by atoms with van der Waals surface area (Å²) in [6.45, 7) is 6.33. The first kappa shape index (κ1) is 17.4. The molecular weight excluding hydrogens is 278 g/mol. The number of benzene rings is 1. The first-order chi connectivity index (χ1) is 9.93. The van der Waals surface area contributed by atoms with E-state index in [0.717, 1.165) is 13.0 Å². The van der Waals surface area contributed by atoms with Gasteiger partial charge in [0.1, 0.15) is 0 Å². The average Bonchev–Trinajstić information content (AvgIpc) is 2.37. The molecule has 118 valence electrons. The summed E-state index contributed by atoms with van der Waals surface area (Å²) in [4.78, 5) is 11.4. The smallest absolute Gasteiger partial charge is 0.258 e. The Bertz CT molecular complexity index is 456. The van der Waals surface area contributed by atoms with Gasteiger partial charge in [-0.3, -0.25) is 4.79 Å². The number of hydrogen-bond acceptors (Lipinski definition) is 3. The normalized spacial score (nSPS) is 10.8. The van der Waals surface area contributed by atoms with Crippen LogP contribution in [0.4, 0.5) is 8.78 Å². The van der Waals surface area contributed by atoms with E-state index in [2.05, 4.69) is 10.6 Å². The number of amides is 1. The Labute approximate surface area is 123 Å². The monoisotopic (exact) mass is 300 g/mol. The standard InChI is InChI=1S/C15H22F2N2O2/c1-4-5-18-8-11-6-12(16)15(13(17)7-11)21-9-14(20)19-10(2)3/h6-7,10,18H,4-5,8-9H2,1-3H3,(H,19,20). The van der Waals surface area contributed by atoms with Crippen molar-refractivity contribution in [2.45, 2.75) is 39.8 Å². The molecule has 4 nitrogen and oxygen atoms in total. The lowest BCUT2D eigenvalue weighted by Crippen LogP contribution is -2.34. The summed E-state index contributed by atoms with van der Waals surface area (Å²) < 4.78 is 32.5. The molecule has 0 radical (unpaired) electrons. The van der Waals surface area contributed by atoms with E-state index < -0.39 is 29.9 Å². The minimum absolute atomic E-state index is 0.0530. The lowest BCUT2D eigenvalue weighted by Gasteiger charge is -2.12. The molecule has 0 saturated carbocycles. The van der Waals surface area contributed by atoms with Gasteiger partial charge in [-0.25, -0.2) is 8.78 Å². The number of halogens is 2. The van der Waals surface area contributed by atoms with Crippen LogP contribution in [0.1, 0.15) is 32.8 Å². The molecule has 1 aromatic carbocycles. The zero-order valence-corrected chi connectivity index (χ0v) is 12.6. The van der Waals surface area contributed by atoms with Crippen molar-refractivity contribution in [1.29, 1.82) is 0 Å². The first-order valence-corrected chi connectivity index (χ1v) is 7.04. The van der Waals surface area contributed by atoms with E-state index in [4.69, 9.17) is 4.74 Å². The topological polar surface area (TPSA) is 50.4 Å². The third-order valence-electron chi connectivity index (χ3n) is 2.61. The number of nitrogens with one attached hydrogen (secondary N) is 2. The largest absolute Gasteiger partial charge is 0.478 e. The number of carbonyl (C=O) groups excluding carboxylic acids is 1. The Hall–Kier alpha value is -1.69. The van der Waals surface area contributed by atoms with Crippen LogP contribution in [-0.4, -0.2) is 25.1 Å². The minimum atomic E-state index is -0.805. The lowest BCUT2D eigenvalue weighted by atomic mass is 10.2. The lowest BCUT2D eigenvalue weighted by molar-refractivity contribution is -0.123. The van der Waals surface area contributed by atoms with Crippen molar-refractivity contribution in [3.63, 3.8) is 0 Å². The van der Waals surface area contributed by atoms with E-state index in [0.29, 0.717) is 12.1 Å². The van der Waals surface area contributed by atoms with E-state index in [-0.39, 0.29) is 6.04 Å². The molecule has 0 aliphatic heterocycles. The molecule has 1 rings (SSSR count). The van der Waals surface area contributed by atoms with E-state index in [1.165, 1.54) is 12.1 Å². The van der Waals surface area contributed by atoms with Crippen molar-refractivity contribution in [1.82, 2.24) is 10.6 Å². The Balaban J connectivity index is 2.65. The van der Waals surface area contributed by atoms with Crippen LogP contribution in [-0.2, 0) is 11.3 Å². The first-order valence-electron chi connectivity index (χ1n) is 7.04. The van der Waals surface area contributed by atoms with Crippen LogP contribution in [0.5, 0.6) is 5.75 Å². The number of hydrogen-bond donors (Lipinski definition) is 2. The maximum absolute atomic E-state index is 13.8. The molecule has 0 aromatic heterocycles. The predicted molar refractivity (Wildman–Crippen MR) is 77.1 cm³/mol. The molecule has 0 spiro atoms. The molecule has 2 N–H and O–H groups in total. The molecule has 1 aromatic rings. The molecule has 0 heterocycles. The Morgan fingerprint density at radius 2 is 1.90 bits per heavy atom. The van der Waals surface area contributed by atoms with Crippen LogP contribution in [0.15, 0.2) is 12.1 Å². The SMILES string of the molecule is CCCNCc1cc(F)c(OCC(=O)NC(C)C)c(F)c1. The maximum atomic E-state index is 13.8. The minimum Gasteiger partial charge on any atom is -0.478 e. The van der Waals surface area contributed by atoms with Crippen LogP contribution in [0.25, 0.3) is 0 Å². The summed E-state index contributed by atoms with van der Waals surface area (Å²) in [6.07, 6.45) is 0.942. The fourth-order valence-electron chi connectivity index (χ4n) is 1.76. The zero-order valence-electron chi connectivity index (χ0n) is 12.6. The summed E-state index contributed by atoms with van der Waals surface area (Å²) >= 11 is 0. The molecule has 0 bridgehead atoms. The molecule has 0 aliphatic rings. The fourth-order valence-corrected chi connectivity index (χ4v) is 1.76. The average molecular weight is 300 g/mol. The van der Waals surface area contributed by atoms with Gasteiger partial charge in [-0.15, -0.1) is 0 Å². The van der Waals surface area contributed by atoms with Crippen LogP contribution < -0.4 is 15.4 Å². The highest BCUT2D eigenvalue weighted by molar-refractivity contribution is 5.77. The van der Waals surface area contributed by atoms with Gasteiger partial charge in [0.05, 0.1) is 0 Å². The van der Waals surface area contributed by atoms with Crippen LogP contribution >= 0.6 is 0 Å². The summed E-state index contributed by atoms with van der Waals surface area (Å²) in [5.41, 5.74) is 0.498. The molecule has 0 saturated heterocycles. The molecule has 21 heavy (non-hydrogen) atoms. The van der Waals surface area contributed by atoms with Crippen molar-refractivity contribution in [3.05, 3.63) is 29.3 Å². The van der Waals surface area contributed by atoms with E-state index in [1.54, 1.807) is 13.8 Å². The Morgan fingerprint density at radius 1 is 1.29 bits per heavy atom. The molecule has 0 fully saturated rings. The summed E-state index contributed by atoms with van der Waals surface area (Å²) in [5.74, 6) is -2.55. The van der Waals surface area contributed by atoms with Gasteiger partial charge in [0, 0.05) is 12.6 Å². The molecule has 1 amide bonds. The second-order valence-corrected chi connectivity index (χ2v) is 5.08. The Morgan fingerprint density at radius 3 is 2.43 bits per heavy atom. The highest BCUT2D eigenvalue weighted by Gasteiger charge is 2.14. The van der Waals surface area contributed by atoms with Crippen molar-refractivity contribution < 1.29 is 18.3 Å². The molecule has 0 unspecified atom stereocenters. The highest BCUT2D eigenvalue weighted by Crippen LogP contribution is 2.23. The van der Waals surface area contributed by atoms with Crippen LogP contribution in [0.3, 0.4) is 0 Å². The molecule has 0 atom stereocenters. The third kappa shape index (κ3) is 6.08. The van der Waals surface area contributed by atoms with Crippen molar-refractivity contribution >= 4 is 5.91 Å². The van der Waals surface area contributed by atoms with Gasteiger partial charge < -0.3 is 15.4 Å². The third-order valence-corrected chi connectivity index (χ3v) is 2.61. The maximum Gasteiger partial charge on any atom is 0.258 e. The van der Waals surface area contributed by atoms with Crippen molar-refractivity contribution in [2.75, 3.05) is 13.2 Å². The van der Waals surface area contributed by atoms with Gasteiger partial charge in [-0.1, -0.05) is 6.92 Å². The Kier molecular flexibility index (Phi) is 7.08. The summed E-state index contributed by atoms with van der Waals surface area (Å²) in [5, 5.41) is 5.64. The van der Waals surface area contributed by atoms with Crippen molar-refractivity contribution in [3.8, 4) is 5.75 Å². The quantitative estimate of drug-likeness (QED) is 0.725. The predicted octanol–water partition coefficient (Wildman–Crippen LogP) is 2.37. The van der Waals surface area contributed by atoms with Gasteiger partial charge in [0.2, 0.25) is 0 Å². The molecule has 0 aliphatic carbocycles. The van der Waals surface area contributed by atoms with Gasteiger partial charge in [-0.05, 0) is 44.5 Å². The summed E-state index contributed by atoms with van der Waals surface area (Å²) in [7, 11) is 0.